The molecular weight excluding hydrogens is 605 g/mol. The summed E-state index contributed by atoms with van der Waals surface area (Å²) in [6.07, 6.45) is 0. The van der Waals surface area contributed by atoms with Crippen molar-refractivity contribution >= 4 is 54.1 Å². The third-order valence-electron chi connectivity index (χ3n) is 10.0. The Morgan fingerprint density at radius 3 is 1.46 bits per heavy atom. The molecule has 2 heteroatoms. The van der Waals surface area contributed by atoms with Crippen molar-refractivity contribution in [1.82, 2.24) is 9.97 Å². The number of hydrogen-bond acceptors (Lipinski definition) is 2. The first-order chi connectivity index (χ1) is 24.7. The number of nitrogens with zero attached hydrogens (tertiary/aromatic N) is 2. The lowest BCUT2D eigenvalue weighted by Crippen LogP contribution is -1.94. The number of pyridine rings is 2. The van der Waals surface area contributed by atoms with Crippen LogP contribution >= 0.6 is 0 Å². The molecule has 0 fully saturated rings. The lowest BCUT2D eigenvalue weighted by molar-refractivity contribution is 1.38. The predicted molar refractivity (Wildman–Crippen MR) is 211 cm³/mol. The standard InChI is InChI=1S/C48H30N2/c1-3-12-36-27-38(23-17-31(36)9-1)42-29-44-43(39-24-18-32-10-2-4-13-37(32)28-39)30-47(50-48(44)41-15-7-6-14-40(41)42)35-21-19-34(20-22-35)46-26-25-33-11-5-8-16-45(33)49-46/h1-30H. The zero-order valence-corrected chi connectivity index (χ0v) is 27.2. The first-order valence-electron chi connectivity index (χ1n) is 17.1. The SMILES string of the molecule is c1ccc2cc(-c3cc4c(-c5ccc6ccccc6c5)cc(-c5ccc(-c6ccc7ccccc7n6)cc5)nc4c4ccccc34)ccc2c1. The maximum absolute atomic E-state index is 5.43. The van der Waals surface area contributed by atoms with E-state index in [4.69, 9.17) is 9.97 Å². The quantitative estimate of drug-likeness (QED) is 0.180. The van der Waals surface area contributed by atoms with Crippen LogP contribution in [0.15, 0.2) is 182 Å². The van der Waals surface area contributed by atoms with Gasteiger partial charge in [-0.2, -0.15) is 0 Å². The fourth-order valence-electron chi connectivity index (χ4n) is 7.43. The number of aromatic nitrogens is 2. The molecule has 0 atom stereocenters. The van der Waals surface area contributed by atoms with Crippen molar-refractivity contribution in [2.24, 2.45) is 0 Å². The second-order valence-electron chi connectivity index (χ2n) is 13.0. The summed E-state index contributed by atoms with van der Waals surface area (Å²) in [5.41, 5.74) is 10.8. The lowest BCUT2D eigenvalue weighted by atomic mass is 9.90. The molecule has 0 bridgehead atoms. The number of benzene rings is 8. The highest BCUT2D eigenvalue weighted by molar-refractivity contribution is 6.16. The first-order valence-corrected chi connectivity index (χ1v) is 17.1. The van der Waals surface area contributed by atoms with E-state index in [9.17, 15) is 0 Å². The molecular formula is C48H30N2. The van der Waals surface area contributed by atoms with Gasteiger partial charge in [0.05, 0.1) is 22.4 Å². The van der Waals surface area contributed by atoms with Crippen molar-refractivity contribution in [3.63, 3.8) is 0 Å². The summed E-state index contributed by atoms with van der Waals surface area (Å²) in [5, 5.41) is 9.56. The van der Waals surface area contributed by atoms with E-state index in [2.05, 4.69) is 176 Å². The van der Waals surface area contributed by atoms with Crippen LogP contribution in [0.3, 0.4) is 0 Å². The minimum absolute atomic E-state index is 0.947. The van der Waals surface area contributed by atoms with Gasteiger partial charge in [0.2, 0.25) is 0 Å². The lowest BCUT2D eigenvalue weighted by Gasteiger charge is -2.16. The van der Waals surface area contributed by atoms with E-state index in [0.29, 0.717) is 0 Å². The highest BCUT2D eigenvalue weighted by Gasteiger charge is 2.17. The van der Waals surface area contributed by atoms with Gasteiger partial charge in [-0.3, -0.25) is 0 Å². The fourth-order valence-corrected chi connectivity index (χ4v) is 7.43. The molecule has 2 aromatic heterocycles. The first kappa shape index (κ1) is 28.4. The van der Waals surface area contributed by atoms with Crippen LogP contribution in [0.1, 0.15) is 0 Å². The maximum Gasteiger partial charge on any atom is 0.0794 e. The van der Waals surface area contributed by atoms with E-state index in [-0.39, 0.29) is 0 Å². The van der Waals surface area contributed by atoms with Gasteiger partial charge in [-0.05, 0) is 85.6 Å². The Balaban J connectivity index is 1.20. The van der Waals surface area contributed by atoms with Crippen LogP contribution in [0.25, 0.3) is 98.9 Å². The molecule has 8 aromatic carbocycles. The van der Waals surface area contributed by atoms with Gasteiger partial charge in [0.1, 0.15) is 0 Å². The van der Waals surface area contributed by atoms with Crippen LogP contribution < -0.4 is 0 Å². The fraction of sp³-hybridized carbons (Fsp3) is 0. The highest BCUT2D eigenvalue weighted by atomic mass is 14.7. The van der Waals surface area contributed by atoms with Gasteiger partial charge in [0.15, 0.2) is 0 Å². The van der Waals surface area contributed by atoms with Crippen molar-refractivity contribution in [1.29, 1.82) is 0 Å². The average Bonchev–Trinajstić information content (AvgIpc) is 3.19. The summed E-state index contributed by atoms with van der Waals surface area (Å²) in [7, 11) is 0. The summed E-state index contributed by atoms with van der Waals surface area (Å²) in [6, 6.07) is 65.2. The minimum atomic E-state index is 0.947. The number of para-hydroxylation sites is 1. The monoisotopic (exact) mass is 634 g/mol. The Morgan fingerprint density at radius 1 is 0.280 bits per heavy atom. The summed E-state index contributed by atoms with van der Waals surface area (Å²) >= 11 is 0. The van der Waals surface area contributed by atoms with Crippen molar-refractivity contribution in [3.8, 4) is 44.8 Å². The van der Waals surface area contributed by atoms with Gasteiger partial charge >= 0.3 is 0 Å². The van der Waals surface area contributed by atoms with E-state index in [1.165, 1.54) is 49.2 Å². The van der Waals surface area contributed by atoms with Crippen LogP contribution in [0, 0.1) is 0 Å². The van der Waals surface area contributed by atoms with E-state index in [1.54, 1.807) is 0 Å². The molecule has 2 nitrogen and oxygen atoms in total. The van der Waals surface area contributed by atoms with E-state index in [1.807, 2.05) is 6.07 Å². The molecule has 0 aliphatic rings. The van der Waals surface area contributed by atoms with Gasteiger partial charge in [-0.15, -0.1) is 0 Å². The largest absolute Gasteiger partial charge is 0.248 e. The molecule has 50 heavy (non-hydrogen) atoms. The van der Waals surface area contributed by atoms with Gasteiger partial charge < -0.3 is 0 Å². The minimum Gasteiger partial charge on any atom is -0.248 e. The second-order valence-corrected chi connectivity index (χ2v) is 13.0. The molecule has 0 saturated carbocycles. The molecule has 0 saturated heterocycles. The normalized spacial score (nSPS) is 11.6. The van der Waals surface area contributed by atoms with Crippen LogP contribution in [-0.2, 0) is 0 Å². The predicted octanol–water partition coefficient (Wildman–Crippen LogP) is 12.9. The van der Waals surface area contributed by atoms with Crippen LogP contribution in [0.4, 0.5) is 0 Å². The molecule has 10 rings (SSSR count). The molecule has 0 aliphatic carbocycles. The van der Waals surface area contributed by atoms with Crippen molar-refractivity contribution < 1.29 is 0 Å². The zero-order valence-electron chi connectivity index (χ0n) is 27.2. The maximum atomic E-state index is 5.43. The third-order valence-corrected chi connectivity index (χ3v) is 10.0. The van der Waals surface area contributed by atoms with Gasteiger partial charge in [-0.25, -0.2) is 9.97 Å². The molecule has 0 unspecified atom stereocenters. The van der Waals surface area contributed by atoms with Gasteiger partial charge in [0, 0.05) is 27.3 Å². The summed E-state index contributed by atoms with van der Waals surface area (Å²) in [4.78, 5) is 10.4. The van der Waals surface area contributed by atoms with E-state index >= 15 is 0 Å². The van der Waals surface area contributed by atoms with Crippen LogP contribution in [0.5, 0.6) is 0 Å². The van der Waals surface area contributed by atoms with Crippen LogP contribution in [-0.4, -0.2) is 9.97 Å². The number of hydrogen-bond donors (Lipinski definition) is 0. The second kappa shape index (κ2) is 11.5. The summed E-state index contributed by atoms with van der Waals surface area (Å²) < 4.78 is 0. The van der Waals surface area contributed by atoms with Crippen molar-refractivity contribution in [2.45, 2.75) is 0 Å². The molecule has 0 spiro atoms. The van der Waals surface area contributed by atoms with E-state index in [0.717, 1.165) is 49.7 Å². The van der Waals surface area contributed by atoms with Gasteiger partial charge in [-0.1, -0.05) is 146 Å². The Labute approximate surface area is 290 Å². The summed E-state index contributed by atoms with van der Waals surface area (Å²) in [5.74, 6) is 0. The van der Waals surface area contributed by atoms with Crippen LogP contribution in [0.2, 0.25) is 0 Å². The van der Waals surface area contributed by atoms with E-state index < -0.39 is 0 Å². The Morgan fingerprint density at radius 2 is 0.780 bits per heavy atom. The molecule has 0 aliphatic heterocycles. The van der Waals surface area contributed by atoms with Gasteiger partial charge in [0.25, 0.3) is 0 Å². The Bertz CT molecular complexity index is 2920. The molecule has 10 aromatic rings. The third kappa shape index (κ3) is 4.81. The molecule has 232 valence electrons. The summed E-state index contributed by atoms with van der Waals surface area (Å²) in [6.45, 7) is 0. The zero-order chi connectivity index (χ0) is 33.0. The van der Waals surface area contributed by atoms with Crippen molar-refractivity contribution in [3.05, 3.63) is 182 Å². The topological polar surface area (TPSA) is 25.8 Å². The molecule has 2 heterocycles. The molecule has 0 amide bonds. The van der Waals surface area contributed by atoms with Crippen molar-refractivity contribution in [2.75, 3.05) is 0 Å². The Kier molecular flexibility index (Phi) is 6.53. The smallest absolute Gasteiger partial charge is 0.0794 e. The number of rotatable bonds is 4. The average molecular weight is 635 g/mol. The molecule has 0 radical (unpaired) electrons. The Hall–Kier alpha value is -6.64. The molecule has 0 N–H and O–H groups in total. The highest BCUT2D eigenvalue weighted by Crippen LogP contribution is 2.41. The number of fused-ring (bicyclic) bond motifs is 6.